The molecule has 9 heteroatoms. The number of non-ortho nitro benzene ring substituents is 1. The number of rotatable bonds is 5. The van der Waals surface area contributed by atoms with E-state index in [1.807, 2.05) is 6.92 Å². The summed E-state index contributed by atoms with van der Waals surface area (Å²) in [6.45, 7) is 3.41. The Kier molecular flexibility index (Phi) is 3.94. The molecule has 21 heavy (non-hydrogen) atoms. The van der Waals surface area contributed by atoms with Crippen molar-refractivity contribution in [3.05, 3.63) is 45.6 Å². The molecule has 2 rings (SSSR count). The number of aromatic nitrogens is 2. The molecule has 0 unspecified atom stereocenters. The molecule has 0 aliphatic rings. The standard InChI is InChI=1S/C12H14N4O4S/c1-3-9-7-12(14-13-9)15-21(19,20)11-5-4-10(16(17)18)6-8(11)2/h4-7H,3H2,1-2H3,(H2,13,14,15). The van der Waals surface area contributed by atoms with Crippen LogP contribution in [0.15, 0.2) is 29.2 Å². The van der Waals surface area contributed by atoms with E-state index in [1.165, 1.54) is 19.1 Å². The van der Waals surface area contributed by atoms with Crippen molar-refractivity contribution in [2.24, 2.45) is 0 Å². The molecule has 0 atom stereocenters. The van der Waals surface area contributed by atoms with Crippen LogP contribution in [0.1, 0.15) is 18.2 Å². The lowest BCUT2D eigenvalue weighted by Gasteiger charge is -2.07. The van der Waals surface area contributed by atoms with E-state index in [0.717, 1.165) is 11.8 Å². The number of anilines is 1. The van der Waals surface area contributed by atoms with Crippen molar-refractivity contribution in [3.63, 3.8) is 0 Å². The van der Waals surface area contributed by atoms with Crippen molar-refractivity contribution in [1.82, 2.24) is 10.2 Å². The van der Waals surface area contributed by atoms with E-state index in [-0.39, 0.29) is 16.4 Å². The number of benzene rings is 1. The van der Waals surface area contributed by atoms with Gasteiger partial charge in [0.05, 0.1) is 9.82 Å². The first kappa shape index (κ1) is 15.0. The van der Waals surface area contributed by atoms with Crippen LogP contribution in [0.2, 0.25) is 0 Å². The Hall–Kier alpha value is -2.42. The fraction of sp³-hybridized carbons (Fsp3) is 0.250. The van der Waals surface area contributed by atoms with Crippen molar-refractivity contribution in [2.45, 2.75) is 25.2 Å². The number of nitrogens with zero attached hydrogens (tertiary/aromatic N) is 2. The van der Waals surface area contributed by atoms with Crippen LogP contribution in [0.3, 0.4) is 0 Å². The minimum absolute atomic E-state index is 0.0193. The van der Waals surface area contributed by atoms with Gasteiger partial charge in [0.1, 0.15) is 0 Å². The summed E-state index contributed by atoms with van der Waals surface area (Å²) in [6.07, 6.45) is 0.700. The van der Waals surface area contributed by atoms with Crippen molar-refractivity contribution in [3.8, 4) is 0 Å². The number of aryl methyl sites for hydroxylation is 2. The molecule has 0 saturated heterocycles. The number of hydrogen-bond donors (Lipinski definition) is 2. The molecule has 1 aromatic carbocycles. The summed E-state index contributed by atoms with van der Waals surface area (Å²) in [5.41, 5.74) is 0.940. The minimum Gasteiger partial charge on any atom is -0.280 e. The zero-order chi connectivity index (χ0) is 15.6. The third kappa shape index (κ3) is 3.19. The lowest BCUT2D eigenvalue weighted by Crippen LogP contribution is -2.14. The molecule has 0 saturated carbocycles. The number of H-pyrrole nitrogens is 1. The molecule has 112 valence electrons. The maximum Gasteiger partial charge on any atom is 0.269 e. The molecule has 1 heterocycles. The zero-order valence-corrected chi connectivity index (χ0v) is 12.3. The number of aromatic amines is 1. The third-order valence-electron chi connectivity index (χ3n) is 2.91. The first-order valence-corrected chi connectivity index (χ1v) is 7.64. The highest BCUT2D eigenvalue weighted by Crippen LogP contribution is 2.23. The lowest BCUT2D eigenvalue weighted by atomic mass is 10.2. The number of nitro benzene ring substituents is 1. The van der Waals surface area contributed by atoms with Gasteiger partial charge in [0.2, 0.25) is 0 Å². The Morgan fingerprint density at radius 1 is 1.38 bits per heavy atom. The van der Waals surface area contributed by atoms with E-state index < -0.39 is 14.9 Å². The normalized spacial score (nSPS) is 11.3. The van der Waals surface area contributed by atoms with Gasteiger partial charge in [0, 0.05) is 23.9 Å². The second kappa shape index (κ2) is 5.52. The Balaban J connectivity index is 2.33. The molecule has 0 aliphatic carbocycles. The van der Waals surface area contributed by atoms with E-state index in [9.17, 15) is 18.5 Å². The topological polar surface area (TPSA) is 118 Å². The highest BCUT2D eigenvalue weighted by molar-refractivity contribution is 7.92. The van der Waals surface area contributed by atoms with E-state index in [0.29, 0.717) is 12.0 Å². The van der Waals surface area contributed by atoms with Crippen molar-refractivity contribution < 1.29 is 13.3 Å². The summed E-state index contributed by atoms with van der Waals surface area (Å²) in [4.78, 5) is 10.1. The van der Waals surface area contributed by atoms with Crippen LogP contribution in [0.25, 0.3) is 0 Å². The number of nitro groups is 1. The van der Waals surface area contributed by atoms with Crippen LogP contribution in [0, 0.1) is 17.0 Å². The van der Waals surface area contributed by atoms with Gasteiger partial charge in [-0.25, -0.2) is 8.42 Å². The number of hydrogen-bond acceptors (Lipinski definition) is 5. The van der Waals surface area contributed by atoms with Crippen molar-refractivity contribution >= 4 is 21.5 Å². The van der Waals surface area contributed by atoms with Gasteiger partial charge in [-0.3, -0.25) is 19.9 Å². The quantitative estimate of drug-likeness (QED) is 0.646. The Labute approximate surface area is 121 Å². The summed E-state index contributed by atoms with van der Waals surface area (Å²) >= 11 is 0. The second-order valence-electron chi connectivity index (χ2n) is 4.44. The van der Waals surface area contributed by atoms with Crippen LogP contribution in [0.4, 0.5) is 11.5 Å². The average Bonchev–Trinajstić information content (AvgIpc) is 2.85. The minimum atomic E-state index is -3.84. The van der Waals surface area contributed by atoms with E-state index in [2.05, 4.69) is 14.9 Å². The molecular formula is C12H14N4O4S. The predicted octanol–water partition coefficient (Wildman–Crippen LogP) is 1.99. The molecule has 0 spiro atoms. The molecule has 8 nitrogen and oxygen atoms in total. The maximum atomic E-state index is 12.3. The van der Waals surface area contributed by atoms with Gasteiger partial charge < -0.3 is 0 Å². The fourth-order valence-corrected chi connectivity index (χ4v) is 3.06. The molecule has 1 aromatic heterocycles. The van der Waals surface area contributed by atoms with Crippen LogP contribution in [0.5, 0.6) is 0 Å². The Morgan fingerprint density at radius 2 is 2.10 bits per heavy atom. The van der Waals surface area contributed by atoms with Crippen LogP contribution in [-0.2, 0) is 16.4 Å². The largest absolute Gasteiger partial charge is 0.280 e. The zero-order valence-electron chi connectivity index (χ0n) is 11.5. The molecular weight excluding hydrogens is 296 g/mol. The third-order valence-corrected chi connectivity index (χ3v) is 4.42. The smallest absolute Gasteiger partial charge is 0.269 e. The van der Waals surface area contributed by atoms with Crippen LogP contribution >= 0.6 is 0 Å². The van der Waals surface area contributed by atoms with E-state index in [1.54, 1.807) is 6.07 Å². The highest BCUT2D eigenvalue weighted by Gasteiger charge is 2.20. The van der Waals surface area contributed by atoms with Gasteiger partial charge in [-0.1, -0.05) is 6.92 Å². The second-order valence-corrected chi connectivity index (χ2v) is 6.10. The SMILES string of the molecule is CCc1cc(NS(=O)(=O)c2ccc([N+](=O)[O-])cc2C)n[nH]1. The summed E-state index contributed by atoms with van der Waals surface area (Å²) in [6, 6.07) is 5.18. The first-order chi connectivity index (χ1) is 9.83. The monoisotopic (exact) mass is 310 g/mol. The van der Waals surface area contributed by atoms with Gasteiger partial charge in [0.15, 0.2) is 5.82 Å². The van der Waals surface area contributed by atoms with Crippen LogP contribution < -0.4 is 4.72 Å². The van der Waals surface area contributed by atoms with Crippen LogP contribution in [-0.4, -0.2) is 23.5 Å². The Bertz CT molecular complexity index is 782. The molecule has 0 amide bonds. The summed E-state index contributed by atoms with van der Waals surface area (Å²) in [5.74, 6) is 0.185. The molecule has 0 bridgehead atoms. The molecule has 2 aromatic rings. The Morgan fingerprint density at radius 3 is 2.62 bits per heavy atom. The fourth-order valence-electron chi connectivity index (χ4n) is 1.84. The van der Waals surface area contributed by atoms with Gasteiger partial charge in [0.25, 0.3) is 15.7 Å². The molecule has 2 N–H and O–H groups in total. The first-order valence-electron chi connectivity index (χ1n) is 6.15. The molecule has 0 aliphatic heterocycles. The average molecular weight is 310 g/mol. The summed E-state index contributed by atoms with van der Waals surface area (Å²) in [5, 5.41) is 17.2. The predicted molar refractivity (Wildman–Crippen MR) is 76.6 cm³/mol. The number of sulfonamides is 1. The van der Waals surface area contributed by atoms with E-state index in [4.69, 9.17) is 0 Å². The van der Waals surface area contributed by atoms with Gasteiger partial charge in [-0.15, -0.1) is 0 Å². The van der Waals surface area contributed by atoms with Crippen molar-refractivity contribution in [1.29, 1.82) is 0 Å². The van der Waals surface area contributed by atoms with Gasteiger partial charge in [-0.2, -0.15) is 5.10 Å². The summed E-state index contributed by atoms with van der Waals surface area (Å²) in [7, 11) is -3.84. The molecule has 0 radical (unpaired) electrons. The maximum absolute atomic E-state index is 12.3. The lowest BCUT2D eigenvalue weighted by molar-refractivity contribution is -0.385. The van der Waals surface area contributed by atoms with Crippen molar-refractivity contribution in [2.75, 3.05) is 4.72 Å². The highest BCUT2D eigenvalue weighted by atomic mass is 32.2. The van der Waals surface area contributed by atoms with Gasteiger partial charge in [-0.05, 0) is 25.0 Å². The number of nitrogens with one attached hydrogen (secondary N) is 2. The van der Waals surface area contributed by atoms with Gasteiger partial charge >= 0.3 is 0 Å². The molecule has 0 fully saturated rings. The summed E-state index contributed by atoms with van der Waals surface area (Å²) < 4.78 is 26.9. The van der Waals surface area contributed by atoms with E-state index >= 15 is 0 Å².